The van der Waals surface area contributed by atoms with Gasteiger partial charge in [0.2, 0.25) is 0 Å². The SMILES string of the molecule is O=C(Nc1cc(F)cc(F)c1)Nc1cccc(Br)c1CO. The zero-order valence-electron chi connectivity index (χ0n) is 10.7. The van der Waals surface area contributed by atoms with Crippen molar-refractivity contribution in [2.24, 2.45) is 0 Å². The molecule has 2 aromatic rings. The van der Waals surface area contributed by atoms with Crippen LogP contribution in [0, 0.1) is 11.6 Å². The minimum Gasteiger partial charge on any atom is -0.392 e. The molecule has 4 nitrogen and oxygen atoms in total. The molecule has 21 heavy (non-hydrogen) atoms. The van der Waals surface area contributed by atoms with Crippen molar-refractivity contribution in [2.45, 2.75) is 6.61 Å². The molecule has 0 fully saturated rings. The topological polar surface area (TPSA) is 61.4 Å². The fourth-order valence-electron chi connectivity index (χ4n) is 1.75. The molecule has 0 saturated heterocycles. The van der Waals surface area contributed by atoms with Gasteiger partial charge in [0.1, 0.15) is 11.6 Å². The zero-order chi connectivity index (χ0) is 15.4. The van der Waals surface area contributed by atoms with Crippen LogP contribution in [0.1, 0.15) is 5.56 Å². The Hall–Kier alpha value is -1.99. The molecule has 2 amide bonds. The minimum absolute atomic E-state index is 0.00875. The van der Waals surface area contributed by atoms with E-state index in [1.807, 2.05) is 0 Å². The van der Waals surface area contributed by atoms with Crippen molar-refractivity contribution in [2.75, 3.05) is 10.6 Å². The quantitative estimate of drug-likeness (QED) is 0.781. The van der Waals surface area contributed by atoms with Gasteiger partial charge >= 0.3 is 6.03 Å². The molecule has 0 unspecified atom stereocenters. The highest BCUT2D eigenvalue weighted by Crippen LogP contribution is 2.25. The molecule has 110 valence electrons. The number of aliphatic hydroxyl groups excluding tert-OH is 1. The Balaban J connectivity index is 2.13. The van der Waals surface area contributed by atoms with Gasteiger partial charge in [0.25, 0.3) is 0 Å². The summed E-state index contributed by atoms with van der Waals surface area (Å²) in [5.41, 5.74) is 0.880. The number of rotatable bonds is 3. The van der Waals surface area contributed by atoms with Crippen molar-refractivity contribution in [3.8, 4) is 0 Å². The number of hydrogen-bond donors (Lipinski definition) is 3. The molecule has 0 saturated carbocycles. The number of nitrogens with one attached hydrogen (secondary N) is 2. The van der Waals surface area contributed by atoms with E-state index in [1.165, 1.54) is 0 Å². The maximum Gasteiger partial charge on any atom is 0.323 e. The first-order valence-electron chi connectivity index (χ1n) is 5.92. The molecule has 0 spiro atoms. The van der Waals surface area contributed by atoms with E-state index in [1.54, 1.807) is 18.2 Å². The summed E-state index contributed by atoms with van der Waals surface area (Å²) < 4.78 is 26.7. The predicted octanol–water partition coefficient (Wildman–Crippen LogP) is 3.86. The van der Waals surface area contributed by atoms with E-state index in [-0.39, 0.29) is 12.3 Å². The predicted molar refractivity (Wildman–Crippen MR) is 79.1 cm³/mol. The van der Waals surface area contributed by atoms with Gasteiger partial charge in [-0.25, -0.2) is 13.6 Å². The van der Waals surface area contributed by atoms with Crippen LogP contribution in [0.25, 0.3) is 0 Å². The van der Waals surface area contributed by atoms with Crippen LogP contribution in [0.5, 0.6) is 0 Å². The molecule has 0 aliphatic carbocycles. The number of carbonyl (C=O) groups excluding carboxylic acids is 1. The Morgan fingerprint density at radius 3 is 2.43 bits per heavy atom. The van der Waals surface area contributed by atoms with Gasteiger partial charge in [-0.2, -0.15) is 0 Å². The highest BCUT2D eigenvalue weighted by Gasteiger charge is 2.10. The smallest absolute Gasteiger partial charge is 0.323 e. The van der Waals surface area contributed by atoms with Crippen LogP contribution in [-0.4, -0.2) is 11.1 Å². The minimum atomic E-state index is -0.788. The summed E-state index contributed by atoms with van der Waals surface area (Å²) in [4.78, 5) is 11.8. The van der Waals surface area contributed by atoms with Gasteiger partial charge in [0.15, 0.2) is 0 Å². The molecular formula is C14H11BrF2N2O2. The van der Waals surface area contributed by atoms with Gasteiger partial charge < -0.3 is 15.7 Å². The third-order valence-electron chi connectivity index (χ3n) is 2.65. The highest BCUT2D eigenvalue weighted by molar-refractivity contribution is 9.10. The lowest BCUT2D eigenvalue weighted by atomic mass is 10.2. The number of hydrogen-bond acceptors (Lipinski definition) is 2. The van der Waals surface area contributed by atoms with Crippen molar-refractivity contribution in [1.29, 1.82) is 0 Å². The lowest BCUT2D eigenvalue weighted by molar-refractivity contribution is 0.262. The van der Waals surface area contributed by atoms with Crippen molar-refractivity contribution < 1.29 is 18.7 Å². The van der Waals surface area contributed by atoms with Crippen LogP contribution < -0.4 is 10.6 Å². The summed E-state index contributed by atoms with van der Waals surface area (Å²) in [6.45, 7) is -0.272. The third kappa shape index (κ3) is 3.99. The van der Waals surface area contributed by atoms with E-state index in [0.29, 0.717) is 21.8 Å². The number of amides is 2. The molecule has 0 aromatic heterocycles. The molecule has 0 heterocycles. The number of urea groups is 1. The van der Waals surface area contributed by atoms with Crippen molar-refractivity contribution >= 4 is 33.3 Å². The van der Waals surface area contributed by atoms with Crippen molar-refractivity contribution in [1.82, 2.24) is 0 Å². The number of aliphatic hydroxyl groups is 1. The average molecular weight is 357 g/mol. The summed E-state index contributed by atoms with van der Waals surface area (Å²) in [7, 11) is 0. The van der Waals surface area contributed by atoms with Crippen LogP contribution >= 0.6 is 15.9 Å². The van der Waals surface area contributed by atoms with Gasteiger partial charge in [-0.3, -0.25) is 0 Å². The molecule has 2 rings (SSSR count). The second-order valence-electron chi connectivity index (χ2n) is 4.16. The molecule has 0 atom stereocenters. The highest BCUT2D eigenvalue weighted by atomic mass is 79.9. The van der Waals surface area contributed by atoms with Crippen LogP contribution in [0.3, 0.4) is 0 Å². The van der Waals surface area contributed by atoms with Crippen LogP contribution in [0.4, 0.5) is 25.0 Å². The summed E-state index contributed by atoms with van der Waals surface area (Å²) in [6.07, 6.45) is 0. The van der Waals surface area contributed by atoms with Crippen molar-refractivity contribution in [3.05, 3.63) is 58.1 Å². The first-order valence-corrected chi connectivity index (χ1v) is 6.71. The fraction of sp³-hybridized carbons (Fsp3) is 0.0714. The fourth-order valence-corrected chi connectivity index (χ4v) is 2.24. The zero-order valence-corrected chi connectivity index (χ0v) is 12.2. The second-order valence-corrected chi connectivity index (χ2v) is 5.02. The van der Waals surface area contributed by atoms with Gasteiger partial charge in [0, 0.05) is 27.5 Å². The number of carbonyl (C=O) groups is 1. The second kappa shape index (κ2) is 6.64. The molecule has 7 heteroatoms. The Kier molecular flexibility index (Phi) is 4.87. The number of benzene rings is 2. The number of anilines is 2. The Morgan fingerprint density at radius 1 is 1.14 bits per heavy atom. The van der Waals surface area contributed by atoms with Crippen LogP contribution in [0.15, 0.2) is 40.9 Å². The largest absolute Gasteiger partial charge is 0.392 e. The summed E-state index contributed by atoms with van der Waals surface area (Å²) >= 11 is 3.25. The molecule has 2 aromatic carbocycles. The normalized spacial score (nSPS) is 10.3. The van der Waals surface area contributed by atoms with E-state index >= 15 is 0 Å². The molecule has 0 aliphatic rings. The Bertz CT molecular complexity index is 660. The van der Waals surface area contributed by atoms with Gasteiger partial charge in [-0.05, 0) is 24.3 Å². The first kappa shape index (κ1) is 15.4. The standard InChI is InChI=1S/C14H11BrF2N2O2/c15-12-2-1-3-13(11(12)7-20)19-14(21)18-10-5-8(16)4-9(17)6-10/h1-6,20H,7H2,(H2,18,19,21). The van der Waals surface area contributed by atoms with E-state index in [9.17, 15) is 18.7 Å². The van der Waals surface area contributed by atoms with E-state index in [2.05, 4.69) is 26.6 Å². The third-order valence-corrected chi connectivity index (χ3v) is 3.39. The van der Waals surface area contributed by atoms with Gasteiger partial charge in [-0.15, -0.1) is 0 Å². The molecule has 0 bridgehead atoms. The summed E-state index contributed by atoms with van der Waals surface area (Å²) in [5.74, 6) is -1.58. The number of halogens is 3. The van der Waals surface area contributed by atoms with E-state index in [4.69, 9.17) is 0 Å². The molecular weight excluding hydrogens is 346 g/mol. The molecule has 0 aliphatic heterocycles. The van der Waals surface area contributed by atoms with Crippen LogP contribution in [-0.2, 0) is 6.61 Å². The summed E-state index contributed by atoms with van der Waals surface area (Å²) in [5, 5.41) is 14.1. The molecule has 0 radical (unpaired) electrons. The Morgan fingerprint density at radius 2 is 1.81 bits per heavy atom. The monoisotopic (exact) mass is 356 g/mol. The lowest BCUT2D eigenvalue weighted by Gasteiger charge is -2.12. The van der Waals surface area contributed by atoms with Crippen LogP contribution in [0.2, 0.25) is 0 Å². The maximum absolute atomic E-state index is 13.0. The maximum atomic E-state index is 13.0. The van der Waals surface area contributed by atoms with Gasteiger partial charge in [0.05, 0.1) is 6.61 Å². The van der Waals surface area contributed by atoms with E-state index in [0.717, 1.165) is 12.1 Å². The summed E-state index contributed by atoms with van der Waals surface area (Å²) in [6, 6.07) is 7.03. The van der Waals surface area contributed by atoms with Gasteiger partial charge in [-0.1, -0.05) is 22.0 Å². The Labute approximate surface area is 127 Å². The van der Waals surface area contributed by atoms with E-state index < -0.39 is 17.7 Å². The van der Waals surface area contributed by atoms with Crippen molar-refractivity contribution in [3.63, 3.8) is 0 Å². The average Bonchev–Trinajstić information content (AvgIpc) is 2.37. The first-order chi connectivity index (χ1) is 9.99. The lowest BCUT2D eigenvalue weighted by Crippen LogP contribution is -2.20. The molecule has 3 N–H and O–H groups in total.